The molecule has 0 aliphatic rings. The van der Waals surface area contributed by atoms with E-state index in [9.17, 15) is 24.0 Å². The third-order valence-corrected chi connectivity index (χ3v) is 6.48. The Labute approximate surface area is 207 Å². The van der Waals surface area contributed by atoms with Gasteiger partial charge in [-0.15, -0.1) is 0 Å². The molecular weight excluding hydrogens is 474 g/mol. The van der Waals surface area contributed by atoms with E-state index in [1.807, 2.05) is 36.4 Å². The van der Waals surface area contributed by atoms with Crippen molar-refractivity contribution in [3.63, 3.8) is 0 Å². The van der Waals surface area contributed by atoms with E-state index in [1.54, 1.807) is 13.0 Å². The minimum Gasteiger partial charge on any atom is -0.481 e. The Hall–Kier alpha value is -3.40. The van der Waals surface area contributed by atoms with E-state index in [2.05, 4.69) is 5.32 Å². The van der Waals surface area contributed by atoms with Crippen molar-refractivity contribution in [2.75, 3.05) is 18.1 Å². The standard InChI is InChI=1S/C25H29NO8S/c1-16(15-35-11-5-10-22(28)29)25(33)26-20(13-23(30)31)21(27)14-34-24(32)12-18-8-4-7-17-6-2-3-9-19(17)18/h2-4,6-9,16,20H,5,10-15H2,1H3,(H,26,33)(H,28,29)(H,30,31). The molecule has 0 bridgehead atoms. The summed E-state index contributed by atoms with van der Waals surface area (Å²) in [5.74, 6) is -3.59. The molecule has 0 fully saturated rings. The zero-order valence-electron chi connectivity index (χ0n) is 19.4. The Balaban J connectivity index is 1.87. The lowest BCUT2D eigenvalue weighted by Gasteiger charge is -2.19. The normalized spacial score (nSPS) is 12.5. The first-order valence-corrected chi connectivity index (χ1v) is 12.3. The van der Waals surface area contributed by atoms with Gasteiger partial charge in [0, 0.05) is 18.1 Å². The molecule has 188 valence electrons. The number of carboxylic acid groups (broad SMARTS) is 2. The van der Waals surface area contributed by atoms with Gasteiger partial charge in [-0.05, 0) is 28.5 Å². The topological polar surface area (TPSA) is 147 Å². The number of esters is 1. The summed E-state index contributed by atoms with van der Waals surface area (Å²) >= 11 is 1.40. The van der Waals surface area contributed by atoms with Crippen LogP contribution >= 0.6 is 11.8 Å². The van der Waals surface area contributed by atoms with Crippen LogP contribution in [-0.4, -0.2) is 64.0 Å². The van der Waals surface area contributed by atoms with Gasteiger partial charge in [-0.1, -0.05) is 49.4 Å². The van der Waals surface area contributed by atoms with Gasteiger partial charge in [0.05, 0.1) is 12.8 Å². The van der Waals surface area contributed by atoms with Crippen LogP contribution in [0.5, 0.6) is 0 Å². The van der Waals surface area contributed by atoms with E-state index in [4.69, 9.17) is 14.9 Å². The van der Waals surface area contributed by atoms with Crippen molar-refractivity contribution < 1.29 is 38.9 Å². The van der Waals surface area contributed by atoms with Crippen LogP contribution in [0.3, 0.4) is 0 Å². The van der Waals surface area contributed by atoms with Gasteiger partial charge in [0.2, 0.25) is 5.91 Å². The average Bonchev–Trinajstić information content (AvgIpc) is 2.81. The smallest absolute Gasteiger partial charge is 0.310 e. The second-order valence-corrected chi connectivity index (χ2v) is 9.22. The molecule has 3 N–H and O–H groups in total. The lowest BCUT2D eigenvalue weighted by Crippen LogP contribution is -2.46. The Bertz CT molecular complexity index is 1070. The molecule has 2 rings (SSSR count). The van der Waals surface area contributed by atoms with Crippen LogP contribution in [0.1, 0.15) is 31.7 Å². The maximum Gasteiger partial charge on any atom is 0.310 e. The predicted molar refractivity (Wildman–Crippen MR) is 131 cm³/mol. The Morgan fingerprint density at radius 1 is 1.00 bits per heavy atom. The number of carboxylic acids is 2. The van der Waals surface area contributed by atoms with E-state index in [-0.39, 0.29) is 12.8 Å². The highest BCUT2D eigenvalue weighted by Crippen LogP contribution is 2.19. The summed E-state index contributed by atoms with van der Waals surface area (Å²) < 4.78 is 5.09. The number of ketones is 1. The highest BCUT2D eigenvalue weighted by molar-refractivity contribution is 7.99. The molecule has 0 saturated carbocycles. The monoisotopic (exact) mass is 503 g/mol. The van der Waals surface area contributed by atoms with E-state index in [1.165, 1.54) is 11.8 Å². The molecule has 0 aromatic heterocycles. The number of ether oxygens (including phenoxy) is 1. The van der Waals surface area contributed by atoms with Crippen molar-refractivity contribution >= 4 is 52.1 Å². The van der Waals surface area contributed by atoms with E-state index in [0.717, 1.165) is 16.3 Å². The first kappa shape index (κ1) is 27.8. The van der Waals surface area contributed by atoms with Crippen molar-refractivity contribution in [3.8, 4) is 0 Å². The second kappa shape index (κ2) is 14.1. The number of nitrogens with one attached hydrogen (secondary N) is 1. The molecule has 1 amide bonds. The Morgan fingerprint density at radius 3 is 2.43 bits per heavy atom. The molecule has 35 heavy (non-hydrogen) atoms. The molecule has 2 aromatic carbocycles. The molecule has 0 spiro atoms. The summed E-state index contributed by atoms with van der Waals surface area (Å²) in [4.78, 5) is 59.1. The number of aliphatic carboxylic acids is 2. The van der Waals surface area contributed by atoms with Crippen molar-refractivity contribution in [2.45, 2.75) is 38.6 Å². The molecular formula is C25H29NO8S. The number of amides is 1. The van der Waals surface area contributed by atoms with Gasteiger partial charge in [-0.3, -0.25) is 24.0 Å². The number of benzene rings is 2. The minimum absolute atomic E-state index is 0.0436. The van der Waals surface area contributed by atoms with Crippen LogP contribution in [0.4, 0.5) is 0 Å². The lowest BCUT2D eigenvalue weighted by atomic mass is 10.0. The number of hydrogen-bond acceptors (Lipinski definition) is 7. The van der Waals surface area contributed by atoms with E-state index in [0.29, 0.717) is 17.9 Å². The molecule has 0 aliphatic heterocycles. The number of carbonyl (C=O) groups is 5. The van der Waals surface area contributed by atoms with Crippen LogP contribution in [0, 0.1) is 5.92 Å². The first-order valence-electron chi connectivity index (χ1n) is 11.1. The second-order valence-electron chi connectivity index (χ2n) is 8.07. The zero-order chi connectivity index (χ0) is 25.8. The number of fused-ring (bicyclic) bond motifs is 1. The number of hydrogen-bond donors (Lipinski definition) is 3. The Morgan fingerprint density at radius 2 is 1.71 bits per heavy atom. The van der Waals surface area contributed by atoms with Gasteiger partial charge < -0.3 is 20.3 Å². The van der Waals surface area contributed by atoms with Gasteiger partial charge >= 0.3 is 17.9 Å². The van der Waals surface area contributed by atoms with Crippen LogP contribution in [-0.2, 0) is 35.1 Å². The largest absolute Gasteiger partial charge is 0.481 e. The summed E-state index contributed by atoms with van der Waals surface area (Å²) in [6, 6.07) is 11.7. The highest BCUT2D eigenvalue weighted by Gasteiger charge is 2.26. The van der Waals surface area contributed by atoms with Crippen molar-refractivity contribution in [1.82, 2.24) is 5.32 Å². The van der Waals surface area contributed by atoms with E-state index < -0.39 is 54.6 Å². The zero-order valence-corrected chi connectivity index (χ0v) is 20.2. The van der Waals surface area contributed by atoms with Crippen LogP contribution in [0.2, 0.25) is 0 Å². The fourth-order valence-electron chi connectivity index (χ4n) is 3.30. The molecule has 10 heteroatoms. The summed E-state index contributed by atoms with van der Waals surface area (Å²) in [6.45, 7) is 0.978. The van der Waals surface area contributed by atoms with E-state index >= 15 is 0 Å². The molecule has 9 nitrogen and oxygen atoms in total. The molecule has 0 aliphatic carbocycles. The lowest BCUT2D eigenvalue weighted by molar-refractivity contribution is -0.148. The summed E-state index contributed by atoms with van der Waals surface area (Å²) in [5.41, 5.74) is 0.741. The first-order chi connectivity index (χ1) is 16.7. The van der Waals surface area contributed by atoms with Gasteiger partial charge in [0.15, 0.2) is 12.4 Å². The third-order valence-electron chi connectivity index (χ3n) is 5.17. The SMILES string of the molecule is CC(CSCCCC(=O)O)C(=O)NC(CC(=O)O)C(=O)COC(=O)Cc1cccc2ccccc12. The number of carbonyl (C=O) groups excluding carboxylic acids is 3. The van der Waals surface area contributed by atoms with Crippen molar-refractivity contribution in [3.05, 3.63) is 48.0 Å². The molecule has 2 unspecified atom stereocenters. The van der Waals surface area contributed by atoms with Crippen LogP contribution in [0.25, 0.3) is 10.8 Å². The molecule has 0 heterocycles. The van der Waals surface area contributed by atoms with Crippen LogP contribution in [0.15, 0.2) is 42.5 Å². The van der Waals surface area contributed by atoms with Crippen molar-refractivity contribution in [2.24, 2.45) is 5.92 Å². The molecule has 2 atom stereocenters. The summed E-state index contributed by atoms with van der Waals surface area (Å²) in [5, 5.41) is 22.1. The van der Waals surface area contributed by atoms with Gasteiger partial charge in [-0.2, -0.15) is 11.8 Å². The fraction of sp³-hybridized carbons (Fsp3) is 0.400. The number of thioether (sulfide) groups is 1. The molecule has 0 radical (unpaired) electrons. The maximum atomic E-state index is 12.6. The third kappa shape index (κ3) is 9.78. The maximum absolute atomic E-state index is 12.6. The molecule has 0 saturated heterocycles. The van der Waals surface area contributed by atoms with Gasteiger partial charge in [-0.25, -0.2) is 0 Å². The predicted octanol–water partition coefficient (Wildman–Crippen LogP) is 2.69. The fourth-order valence-corrected chi connectivity index (χ4v) is 4.32. The summed E-state index contributed by atoms with van der Waals surface area (Å²) in [6.07, 6.45) is -0.175. The number of Topliss-reactive ketones (excluding diaryl/α,β-unsaturated/α-hetero) is 1. The summed E-state index contributed by atoms with van der Waals surface area (Å²) in [7, 11) is 0. The minimum atomic E-state index is -1.33. The highest BCUT2D eigenvalue weighted by atomic mass is 32.2. The van der Waals surface area contributed by atoms with Gasteiger partial charge in [0.1, 0.15) is 6.04 Å². The van der Waals surface area contributed by atoms with Crippen molar-refractivity contribution in [1.29, 1.82) is 0 Å². The Kier molecular flexibility index (Phi) is 11.2. The molecule has 2 aromatic rings. The number of rotatable bonds is 15. The quantitative estimate of drug-likeness (QED) is 0.246. The van der Waals surface area contributed by atoms with Gasteiger partial charge in [0.25, 0.3) is 0 Å². The van der Waals surface area contributed by atoms with Crippen LogP contribution < -0.4 is 5.32 Å². The average molecular weight is 504 g/mol.